The molecule has 2 N–H and O–H groups in total. The Morgan fingerprint density at radius 2 is 1.82 bits per heavy atom. The fourth-order valence-electron chi connectivity index (χ4n) is 4.71. The van der Waals surface area contributed by atoms with E-state index in [1.165, 1.54) is 0 Å². The molecular weight excluding hydrogens is 593 g/mol. The van der Waals surface area contributed by atoms with E-state index >= 15 is 0 Å². The van der Waals surface area contributed by atoms with Crippen molar-refractivity contribution in [2.45, 2.75) is 0 Å². The van der Waals surface area contributed by atoms with Gasteiger partial charge in [0.1, 0.15) is 25.1 Å². The van der Waals surface area contributed by atoms with Gasteiger partial charge in [-0.15, -0.1) is 0 Å². The Hall–Kier alpha value is -4.02. The maximum Gasteiger partial charge on any atom is 0.229 e. The highest BCUT2D eigenvalue weighted by Crippen LogP contribution is 2.43. The van der Waals surface area contributed by atoms with Crippen LogP contribution in [0.15, 0.2) is 59.7 Å². The second kappa shape index (κ2) is 10.2. The van der Waals surface area contributed by atoms with E-state index in [1.807, 2.05) is 44.7 Å². The van der Waals surface area contributed by atoms with Crippen LogP contribution in [0.3, 0.4) is 0 Å². The van der Waals surface area contributed by atoms with E-state index in [0.29, 0.717) is 44.9 Å². The van der Waals surface area contributed by atoms with Crippen molar-refractivity contribution in [1.82, 2.24) is 29.7 Å². The number of fused-ring (bicyclic) bond motifs is 2. The smallest absolute Gasteiger partial charge is 0.229 e. The van der Waals surface area contributed by atoms with Crippen LogP contribution in [0.1, 0.15) is 0 Å². The Morgan fingerprint density at radius 1 is 1.00 bits per heavy atom. The predicted molar refractivity (Wildman–Crippen MR) is 162 cm³/mol. The molecule has 0 aliphatic carbocycles. The molecule has 0 radical (unpaired) electrons. The van der Waals surface area contributed by atoms with Gasteiger partial charge in [-0.05, 0) is 59.1 Å². The first-order valence-corrected chi connectivity index (χ1v) is 15.9. The second-order valence-electron chi connectivity index (χ2n) is 9.92. The monoisotopic (exact) mass is 619 g/mol. The van der Waals surface area contributed by atoms with Crippen molar-refractivity contribution in [3.05, 3.63) is 59.7 Å². The lowest BCUT2D eigenvalue weighted by Gasteiger charge is -2.30. The van der Waals surface area contributed by atoms with E-state index in [-0.39, 0.29) is 0 Å². The summed E-state index contributed by atoms with van der Waals surface area (Å²) in [7, 11) is 1.20. The first kappa shape index (κ1) is 26.2. The lowest BCUT2D eigenvalue weighted by atomic mass is 10.1. The van der Waals surface area contributed by atoms with Crippen LogP contribution in [-0.2, 0) is 11.6 Å². The number of hydrogen-bond acceptors (Lipinski definition) is 10. The van der Waals surface area contributed by atoms with E-state index in [4.69, 9.17) is 9.72 Å². The number of ether oxygens (including phenoxy) is 1. The van der Waals surface area contributed by atoms with Gasteiger partial charge in [-0.25, -0.2) is 4.98 Å². The molecule has 13 heteroatoms. The average Bonchev–Trinajstić information content (AvgIpc) is 3.36. The van der Waals surface area contributed by atoms with E-state index in [9.17, 15) is 4.57 Å². The van der Waals surface area contributed by atoms with Gasteiger partial charge < -0.3 is 24.8 Å². The van der Waals surface area contributed by atoms with Crippen molar-refractivity contribution in [1.29, 1.82) is 0 Å². The van der Waals surface area contributed by atoms with Crippen LogP contribution in [0.5, 0.6) is 5.75 Å². The maximum absolute atomic E-state index is 13.4. The number of nitrogens with zero attached hydrogens (tertiary/aromatic N) is 7. The van der Waals surface area contributed by atoms with Gasteiger partial charge in [0.2, 0.25) is 5.95 Å². The van der Waals surface area contributed by atoms with Gasteiger partial charge in [0.25, 0.3) is 0 Å². The van der Waals surface area contributed by atoms with Crippen LogP contribution in [0.2, 0.25) is 0 Å². The molecule has 1 aliphatic rings. The number of anilines is 5. The van der Waals surface area contributed by atoms with Crippen molar-refractivity contribution in [3.8, 4) is 16.9 Å². The third-order valence-electron chi connectivity index (χ3n) is 6.59. The van der Waals surface area contributed by atoms with Gasteiger partial charge in [0, 0.05) is 44.4 Å². The topological polar surface area (TPSA) is 123 Å². The molecule has 40 heavy (non-hydrogen) atoms. The summed E-state index contributed by atoms with van der Waals surface area (Å²) >= 11 is 3.56. The fourth-order valence-corrected chi connectivity index (χ4v) is 6.40. The zero-order valence-electron chi connectivity index (χ0n) is 22.4. The van der Waals surface area contributed by atoms with Gasteiger partial charge in [0.15, 0.2) is 5.75 Å². The number of aromatic nitrogens is 6. The molecule has 0 spiro atoms. The normalized spacial score (nSPS) is 13.2. The van der Waals surface area contributed by atoms with Crippen molar-refractivity contribution >= 4 is 68.2 Å². The SMILES string of the molecule is CN1CCOc2c(Nc3ncc(Br)c(Nc4ccc5nccnc5c4P(C)(C)=O)n3)cc(-c3cnn(C)c3)cc21. The molecule has 5 aromatic rings. The maximum atomic E-state index is 13.4. The van der Waals surface area contributed by atoms with Crippen molar-refractivity contribution in [3.63, 3.8) is 0 Å². The average molecular weight is 620 g/mol. The van der Waals surface area contributed by atoms with E-state index < -0.39 is 7.14 Å². The molecular formula is C27H27BrN9O2P. The fraction of sp³-hybridized carbons (Fsp3) is 0.222. The molecule has 204 valence electrons. The highest BCUT2D eigenvalue weighted by atomic mass is 79.9. The molecule has 2 aromatic carbocycles. The summed E-state index contributed by atoms with van der Waals surface area (Å²) in [5.41, 5.74) is 5.61. The van der Waals surface area contributed by atoms with Crippen LogP contribution in [0.25, 0.3) is 22.2 Å². The summed E-state index contributed by atoms with van der Waals surface area (Å²) in [5, 5.41) is 11.7. The van der Waals surface area contributed by atoms with Gasteiger partial charge in [-0.2, -0.15) is 10.1 Å². The quantitative estimate of drug-likeness (QED) is 0.247. The molecule has 0 saturated heterocycles. The highest BCUT2D eigenvalue weighted by molar-refractivity contribution is 9.10. The summed E-state index contributed by atoms with van der Waals surface area (Å²) in [6.45, 7) is 4.79. The summed E-state index contributed by atoms with van der Waals surface area (Å²) < 4.78 is 21.9. The highest BCUT2D eigenvalue weighted by Gasteiger charge is 2.24. The number of halogens is 1. The van der Waals surface area contributed by atoms with E-state index in [2.05, 4.69) is 57.6 Å². The minimum Gasteiger partial charge on any atom is -0.487 e. The van der Waals surface area contributed by atoms with Crippen LogP contribution in [0.4, 0.5) is 28.8 Å². The molecule has 0 amide bonds. The minimum atomic E-state index is -2.74. The third kappa shape index (κ3) is 5.00. The number of hydrogen-bond donors (Lipinski definition) is 2. The van der Waals surface area contributed by atoms with Crippen molar-refractivity contribution in [2.75, 3.05) is 49.1 Å². The minimum absolute atomic E-state index is 0.367. The van der Waals surface area contributed by atoms with Gasteiger partial charge in [-0.1, -0.05) is 0 Å². The van der Waals surface area contributed by atoms with Crippen LogP contribution in [0, 0.1) is 0 Å². The molecule has 0 fully saturated rings. The standard InChI is InChI=1S/C27H27BrN9O2P/c1-36-9-10-39-24-21(11-16(12-22(24)36)17-13-32-37(2)15-17)34-27-31-14-18(28)26(35-27)33-20-6-5-19-23(30-8-7-29-19)25(20)40(3,4)38/h5-8,11-15H,9-10H2,1-4H3,(H2,31,33,34,35). The summed E-state index contributed by atoms with van der Waals surface area (Å²) in [4.78, 5) is 20.3. The zero-order valence-corrected chi connectivity index (χ0v) is 24.9. The molecule has 0 unspecified atom stereocenters. The number of likely N-dealkylation sites (N-methyl/N-ethyl adjacent to an activating group) is 1. The van der Waals surface area contributed by atoms with E-state index in [1.54, 1.807) is 36.6 Å². The summed E-state index contributed by atoms with van der Waals surface area (Å²) in [6.07, 6.45) is 8.70. The Kier molecular flexibility index (Phi) is 6.67. The van der Waals surface area contributed by atoms with Gasteiger partial charge in [-0.3, -0.25) is 14.6 Å². The lowest BCUT2D eigenvalue weighted by Crippen LogP contribution is -2.29. The van der Waals surface area contributed by atoms with Gasteiger partial charge >= 0.3 is 0 Å². The van der Waals surface area contributed by atoms with Gasteiger partial charge in [0.05, 0.1) is 45.1 Å². The Morgan fingerprint density at radius 3 is 2.60 bits per heavy atom. The van der Waals surface area contributed by atoms with Crippen LogP contribution >= 0.6 is 23.1 Å². The molecule has 11 nitrogen and oxygen atoms in total. The molecule has 0 saturated carbocycles. The first-order chi connectivity index (χ1) is 19.2. The number of nitrogens with one attached hydrogen (secondary N) is 2. The van der Waals surface area contributed by atoms with Crippen molar-refractivity contribution in [2.24, 2.45) is 7.05 Å². The second-order valence-corrected chi connectivity index (χ2v) is 13.9. The molecule has 0 atom stereocenters. The Labute approximate surface area is 239 Å². The Bertz CT molecular complexity index is 1800. The molecule has 6 rings (SSSR count). The molecule has 1 aliphatic heterocycles. The molecule has 4 heterocycles. The molecule has 0 bridgehead atoms. The summed E-state index contributed by atoms with van der Waals surface area (Å²) in [5.74, 6) is 1.60. The van der Waals surface area contributed by atoms with Crippen LogP contribution in [-0.4, -0.2) is 63.2 Å². The van der Waals surface area contributed by atoms with Crippen molar-refractivity contribution < 1.29 is 9.30 Å². The van der Waals surface area contributed by atoms with E-state index in [0.717, 1.165) is 34.8 Å². The molecule has 3 aromatic heterocycles. The zero-order chi connectivity index (χ0) is 28.0. The number of benzene rings is 2. The predicted octanol–water partition coefficient (Wildman–Crippen LogP) is 5.15. The largest absolute Gasteiger partial charge is 0.487 e. The first-order valence-electron chi connectivity index (χ1n) is 12.5. The Balaban J connectivity index is 1.39. The summed E-state index contributed by atoms with van der Waals surface area (Å²) in [6, 6.07) is 7.81. The number of rotatable bonds is 6. The lowest BCUT2D eigenvalue weighted by molar-refractivity contribution is 0.313. The van der Waals surface area contributed by atoms with Crippen LogP contribution < -0.4 is 25.6 Å². The third-order valence-corrected chi connectivity index (χ3v) is 8.70. The number of aryl methyl sites for hydroxylation is 1.